The second kappa shape index (κ2) is 8.18. The van der Waals surface area contributed by atoms with E-state index in [1.165, 1.54) is 24.9 Å². The van der Waals surface area contributed by atoms with Gasteiger partial charge in [0.25, 0.3) is 0 Å². The summed E-state index contributed by atoms with van der Waals surface area (Å²) < 4.78 is 11.3. The number of hydrogen-bond acceptors (Lipinski definition) is 4. The molecule has 2 rings (SSSR count). The van der Waals surface area contributed by atoms with E-state index in [4.69, 9.17) is 9.47 Å². The summed E-state index contributed by atoms with van der Waals surface area (Å²) in [5.74, 6) is 0.685. The van der Waals surface area contributed by atoms with Crippen LogP contribution < -0.4 is 9.64 Å². The molecule has 2 heterocycles. The maximum absolute atomic E-state index is 5.69. The fraction of sp³-hybridized carbons (Fsp3) is 0.611. The molecule has 1 aromatic rings. The molecule has 1 fully saturated rings. The van der Waals surface area contributed by atoms with E-state index >= 15 is 0 Å². The molecular formula is C18H28N2O2. The molecule has 0 atom stereocenters. The van der Waals surface area contributed by atoms with Gasteiger partial charge >= 0.3 is 0 Å². The van der Waals surface area contributed by atoms with Gasteiger partial charge in [-0.3, -0.25) is 0 Å². The van der Waals surface area contributed by atoms with Crippen molar-refractivity contribution in [2.24, 2.45) is 0 Å². The maximum atomic E-state index is 5.69. The van der Waals surface area contributed by atoms with Crippen LogP contribution in [-0.4, -0.2) is 36.9 Å². The van der Waals surface area contributed by atoms with Crippen LogP contribution in [0.1, 0.15) is 40.0 Å². The summed E-state index contributed by atoms with van der Waals surface area (Å²) in [5, 5.41) is 0. The van der Waals surface area contributed by atoms with E-state index < -0.39 is 0 Å². The van der Waals surface area contributed by atoms with E-state index in [2.05, 4.69) is 16.0 Å². The van der Waals surface area contributed by atoms with Crippen LogP contribution in [0.15, 0.2) is 30.5 Å². The molecule has 1 aliphatic heterocycles. The second-order valence-corrected chi connectivity index (χ2v) is 6.61. The predicted molar refractivity (Wildman–Crippen MR) is 90.6 cm³/mol. The van der Waals surface area contributed by atoms with Gasteiger partial charge in [-0.05, 0) is 52.2 Å². The lowest BCUT2D eigenvalue weighted by Crippen LogP contribution is -2.29. The number of hydrogen-bond donors (Lipinski definition) is 0. The molecule has 0 saturated carbocycles. The Morgan fingerprint density at radius 2 is 1.86 bits per heavy atom. The highest BCUT2D eigenvalue weighted by Gasteiger charge is 2.11. The van der Waals surface area contributed by atoms with Crippen LogP contribution in [0.2, 0.25) is 0 Å². The molecule has 0 bridgehead atoms. The first-order valence-corrected chi connectivity index (χ1v) is 8.17. The molecule has 0 spiro atoms. The Kier molecular flexibility index (Phi) is 6.25. The lowest BCUT2D eigenvalue weighted by Gasteiger charge is -2.28. The lowest BCUT2D eigenvalue weighted by atomic mass is 10.1. The summed E-state index contributed by atoms with van der Waals surface area (Å²) in [6, 6.07) is 4.09. The molecular weight excluding hydrogens is 276 g/mol. The van der Waals surface area contributed by atoms with Gasteiger partial charge < -0.3 is 14.4 Å². The molecule has 0 aromatic carbocycles. The van der Waals surface area contributed by atoms with E-state index in [9.17, 15) is 0 Å². The first-order chi connectivity index (χ1) is 10.5. The van der Waals surface area contributed by atoms with Gasteiger partial charge in [0.15, 0.2) is 0 Å². The molecule has 22 heavy (non-hydrogen) atoms. The number of piperidine rings is 1. The topological polar surface area (TPSA) is 34.6 Å². The fourth-order valence-electron chi connectivity index (χ4n) is 2.39. The molecule has 1 saturated heterocycles. The molecule has 0 aliphatic carbocycles. The van der Waals surface area contributed by atoms with Crippen LogP contribution in [-0.2, 0) is 4.74 Å². The molecule has 1 aliphatic rings. The van der Waals surface area contributed by atoms with Crippen LogP contribution in [0.3, 0.4) is 0 Å². The quantitative estimate of drug-likeness (QED) is 0.748. The van der Waals surface area contributed by atoms with E-state index in [0.29, 0.717) is 19.1 Å². The van der Waals surface area contributed by atoms with Crippen LogP contribution in [0.5, 0.6) is 5.88 Å². The SMILES string of the molecule is CC(C)(C)OC/C=C\COc1cc(N2CCCCC2)ccn1. The first kappa shape index (κ1) is 16.8. The number of aromatic nitrogens is 1. The van der Waals surface area contributed by atoms with Crippen molar-refractivity contribution in [3.63, 3.8) is 0 Å². The third-order valence-electron chi connectivity index (χ3n) is 3.55. The van der Waals surface area contributed by atoms with Crippen LogP contribution in [0.25, 0.3) is 0 Å². The smallest absolute Gasteiger partial charge is 0.215 e. The van der Waals surface area contributed by atoms with Crippen molar-refractivity contribution >= 4 is 5.69 Å². The third-order valence-corrected chi connectivity index (χ3v) is 3.55. The van der Waals surface area contributed by atoms with Crippen molar-refractivity contribution in [2.75, 3.05) is 31.2 Å². The highest BCUT2D eigenvalue weighted by Crippen LogP contribution is 2.22. The highest BCUT2D eigenvalue weighted by molar-refractivity contribution is 5.48. The van der Waals surface area contributed by atoms with Crippen LogP contribution in [0.4, 0.5) is 5.69 Å². The Morgan fingerprint density at radius 3 is 2.59 bits per heavy atom. The monoisotopic (exact) mass is 304 g/mol. The Morgan fingerprint density at radius 1 is 1.14 bits per heavy atom. The molecule has 0 N–H and O–H groups in total. The van der Waals surface area contributed by atoms with E-state index in [-0.39, 0.29) is 5.60 Å². The normalized spacial score (nSPS) is 16.2. The maximum Gasteiger partial charge on any atom is 0.215 e. The largest absolute Gasteiger partial charge is 0.473 e. The Bertz CT molecular complexity index is 474. The van der Waals surface area contributed by atoms with Crippen molar-refractivity contribution in [1.82, 2.24) is 4.98 Å². The third kappa shape index (κ3) is 6.06. The van der Waals surface area contributed by atoms with Gasteiger partial charge in [-0.2, -0.15) is 0 Å². The van der Waals surface area contributed by atoms with Gasteiger partial charge in [0.05, 0.1) is 12.2 Å². The predicted octanol–water partition coefficient (Wildman–Crippen LogP) is 3.82. The second-order valence-electron chi connectivity index (χ2n) is 6.61. The zero-order valence-electron chi connectivity index (χ0n) is 14.0. The van der Waals surface area contributed by atoms with Gasteiger partial charge in [0.1, 0.15) is 6.61 Å². The standard InChI is InChI=1S/C18H28N2O2/c1-18(2,3)22-14-8-7-13-21-17-15-16(9-10-19-17)20-11-5-4-6-12-20/h7-10,15H,4-6,11-14H2,1-3H3/b8-7-. The number of anilines is 1. The van der Waals surface area contributed by atoms with Gasteiger partial charge in [0, 0.05) is 31.0 Å². The van der Waals surface area contributed by atoms with Crippen molar-refractivity contribution in [3.8, 4) is 5.88 Å². The lowest BCUT2D eigenvalue weighted by molar-refractivity contribution is 0.0148. The molecule has 4 nitrogen and oxygen atoms in total. The Hall–Kier alpha value is -1.55. The Balaban J connectivity index is 1.77. The first-order valence-electron chi connectivity index (χ1n) is 8.17. The van der Waals surface area contributed by atoms with Crippen molar-refractivity contribution < 1.29 is 9.47 Å². The van der Waals surface area contributed by atoms with E-state index in [1.54, 1.807) is 0 Å². The van der Waals surface area contributed by atoms with Gasteiger partial charge in [-0.15, -0.1) is 0 Å². The number of nitrogens with zero attached hydrogens (tertiary/aromatic N) is 2. The summed E-state index contributed by atoms with van der Waals surface area (Å²) in [4.78, 5) is 6.69. The molecule has 1 aromatic heterocycles. The van der Waals surface area contributed by atoms with Gasteiger partial charge in [0.2, 0.25) is 5.88 Å². The average molecular weight is 304 g/mol. The average Bonchev–Trinajstić information content (AvgIpc) is 2.51. The van der Waals surface area contributed by atoms with Crippen molar-refractivity contribution in [2.45, 2.75) is 45.6 Å². The Labute approximate surface area is 134 Å². The van der Waals surface area contributed by atoms with E-state index in [0.717, 1.165) is 13.1 Å². The minimum absolute atomic E-state index is 0.102. The summed E-state index contributed by atoms with van der Waals surface area (Å²) >= 11 is 0. The number of pyridine rings is 1. The summed E-state index contributed by atoms with van der Waals surface area (Å²) in [6.45, 7) is 9.53. The van der Waals surface area contributed by atoms with Gasteiger partial charge in [-0.1, -0.05) is 6.08 Å². The molecule has 122 valence electrons. The minimum Gasteiger partial charge on any atom is -0.473 e. The highest BCUT2D eigenvalue weighted by atomic mass is 16.5. The zero-order chi connectivity index (χ0) is 15.8. The van der Waals surface area contributed by atoms with Gasteiger partial charge in [-0.25, -0.2) is 4.98 Å². The van der Waals surface area contributed by atoms with Crippen molar-refractivity contribution in [1.29, 1.82) is 0 Å². The number of ether oxygens (including phenoxy) is 2. The molecule has 0 amide bonds. The molecule has 0 radical (unpaired) electrons. The van der Waals surface area contributed by atoms with E-state index in [1.807, 2.05) is 45.2 Å². The molecule has 0 unspecified atom stereocenters. The van der Waals surface area contributed by atoms with Crippen LogP contribution >= 0.6 is 0 Å². The minimum atomic E-state index is -0.102. The summed E-state index contributed by atoms with van der Waals surface area (Å²) in [7, 11) is 0. The van der Waals surface area contributed by atoms with Crippen molar-refractivity contribution in [3.05, 3.63) is 30.5 Å². The summed E-state index contributed by atoms with van der Waals surface area (Å²) in [5.41, 5.74) is 1.11. The van der Waals surface area contributed by atoms with Crippen LogP contribution in [0, 0.1) is 0 Å². The fourth-order valence-corrected chi connectivity index (χ4v) is 2.39. The number of rotatable bonds is 6. The molecule has 4 heteroatoms. The zero-order valence-corrected chi connectivity index (χ0v) is 14.0. The summed E-state index contributed by atoms with van der Waals surface area (Å²) in [6.07, 6.45) is 9.67.